The van der Waals surface area contributed by atoms with E-state index in [-0.39, 0.29) is 5.56 Å². The quantitative estimate of drug-likeness (QED) is 0.812. The van der Waals surface area contributed by atoms with Gasteiger partial charge in [-0.3, -0.25) is 9.78 Å². The van der Waals surface area contributed by atoms with E-state index in [1.807, 2.05) is 4.72 Å². The van der Waals surface area contributed by atoms with Crippen LogP contribution in [0.25, 0.3) is 0 Å². The number of nitrogens with one attached hydrogen (secondary N) is 2. The minimum Gasteiger partial charge on any atom is -0.324 e. The molecule has 6 nitrogen and oxygen atoms in total. The number of hydrogen-bond acceptors (Lipinski definition) is 4. The number of halogens is 3. The number of benzene rings is 1. The molecule has 1 aromatic heterocycles. The van der Waals surface area contributed by atoms with Crippen LogP contribution in [0.4, 0.5) is 18.9 Å². The number of pyridine rings is 1. The third-order valence-corrected chi connectivity index (χ3v) is 4.31. The maximum atomic E-state index is 12.6. The molecular formula is C15H14F3N3O3S. The first-order valence-corrected chi connectivity index (χ1v) is 8.64. The normalized spacial score (nSPS) is 12.0. The number of carbonyl (C=O) groups is 1. The fraction of sp³-hybridized carbons (Fsp3) is 0.200. The van der Waals surface area contributed by atoms with E-state index in [1.54, 1.807) is 12.1 Å². The molecule has 0 fully saturated rings. The van der Waals surface area contributed by atoms with Crippen LogP contribution < -0.4 is 10.0 Å². The minimum absolute atomic E-state index is 0.0324. The number of amides is 1. The number of hydrogen-bond donors (Lipinski definition) is 2. The van der Waals surface area contributed by atoms with Crippen LogP contribution in [-0.2, 0) is 26.7 Å². The van der Waals surface area contributed by atoms with Crippen molar-refractivity contribution in [1.29, 1.82) is 0 Å². The van der Waals surface area contributed by atoms with Crippen LogP contribution >= 0.6 is 0 Å². The summed E-state index contributed by atoms with van der Waals surface area (Å²) in [4.78, 5) is 15.5. The maximum Gasteiger partial charge on any atom is 0.416 e. The van der Waals surface area contributed by atoms with Gasteiger partial charge in [-0.25, -0.2) is 13.1 Å². The van der Waals surface area contributed by atoms with Crippen molar-refractivity contribution < 1.29 is 26.4 Å². The average molecular weight is 373 g/mol. The molecule has 25 heavy (non-hydrogen) atoms. The van der Waals surface area contributed by atoms with E-state index in [2.05, 4.69) is 10.3 Å². The van der Waals surface area contributed by atoms with Gasteiger partial charge < -0.3 is 5.32 Å². The summed E-state index contributed by atoms with van der Waals surface area (Å²) in [5.74, 6) is -1.29. The van der Waals surface area contributed by atoms with E-state index in [9.17, 15) is 26.4 Å². The lowest BCUT2D eigenvalue weighted by Crippen LogP contribution is -2.33. The molecule has 0 aliphatic heterocycles. The molecule has 0 aliphatic rings. The van der Waals surface area contributed by atoms with E-state index < -0.39 is 40.0 Å². The zero-order valence-electron chi connectivity index (χ0n) is 12.7. The molecule has 1 heterocycles. The van der Waals surface area contributed by atoms with Crippen molar-refractivity contribution in [2.75, 3.05) is 11.9 Å². The van der Waals surface area contributed by atoms with E-state index >= 15 is 0 Å². The fourth-order valence-electron chi connectivity index (χ4n) is 1.93. The Kier molecular flexibility index (Phi) is 5.75. The number of nitrogens with zero attached hydrogens (tertiary/aromatic N) is 1. The van der Waals surface area contributed by atoms with E-state index in [1.165, 1.54) is 18.5 Å². The molecule has 0 bridgehead atoms. The third-order valence-electron chi connectivity index (χ3n) is 3.01. The zero-order valence-corrected chi connectivity index (χ0v) is 13.6. The van der Waals surface area contributed by atoms with Crippen LogP contribution in [0.2, 0.25) is 0 Å². The predicted octanol–water partition coefficient (Wildman–Crippen LogP) is 2.16. The van der Waals surface area contributed by atoms with Crippen molar-refractivity contribution in [1.82, 2.24) is 9.71 Å². The molecule has 2 aromatic rings. The van der Waals surface area contributed by atoms with Crippen molar-refractivity contribution in [3.05, 3.63) is 59.9 Å². The lowest BCUT2D eigenvalue weighted by atomic mass is 10.1. The van der Waals surface area contributed by atoms with E-state index in [0.29, 0.717) is 5.69 Å². The molecule has 1 amide bonds. The van der Waals surface area contributed by atoms with Gasteiger partial charge in [-0.05, 0) is 23.8 Å². The number of carbonyl (C=O) groups excluding carboxylic acids is 1. The van der Waals surface area contributed by atoms with Gasteiger partial charge in [0, 0.05) is 6.20 Å². The van der Waals surface area contributed by atoms with Gasteiger partial charge in [-0.15, -0.1) is 0 Å². The first kappa shape index (κ1) is 18.9. The number of sulfonamides is 1. The Morgan fingerprint density at radius 2 is 1.92 bits per heavy atom. The Hall–Kier alpha value is -2.46. The van der Waals surface area contributed by atoms with Crippen LogP contribution in [-0.4, -0.2) is 25.9 Å². The Bertz CT molecular complexity index is 840. The number of alkyl halides is 3. The summed E-state index contributed by atoms with van der Waals surface area (Å²) >= 11 is 0. The van der Waals surface area contributed by atoms with Gasteiger partial charge in [0.2, 0.25) is 15.9 Å². The molecular weight excluding hydrogens is 359 g/mol. The third kappa shape index (κ3) is 6.16. The lowest BCUT2D eigenvalue weighted by Gasteiger charge is -2.10. The summed E-state index contributed by atoms with van der Waals surface area (Å²) in [7, 11) is -3.98. The lowest BCUT2D eigenvalue weighted by molar-refractivity contribution is -0.137. The average Bonchev–Trinajstić information content (AvgIpc) is 2.53. The second-order valence-corrected chi connectivity index (χ2v) is 6.88. The van der Waals surface area contributed by atoms with Crippen LogP contribution in [0.3, 0.4) is 0 Å². The van der Waals surface area contributed by atoms with Crippen molar-refractivity contribution in [2.45, 2.75) is 11.9 Å². The maximum absolute atomic E-state index is 12.6. The Morgan fingerprint density at radius 1 is 1.16 bits per heavy atom. The van der Waals surface area contributed by atoms with Gasteiger partial charge >= 0.3 is 6.18 Å². The molecule has 2 rings (SSSR count). The molecule has 0 radical (unpaired) electrons. The topological polar surface area (TPSA) is 88.2 Å². The number of rotatable bonds is 6. The second-order valence-electron chi connectivity index (χ2n) is 5.07. The Labute approximate surface area is 142 Å². The highest BCUT2D eigenvalue weighted by Crippen LogP contribution is 2.29. The first-order chi connectivity index (χ1) is 11.7. The molecule has 10 heteroatoms. The Balaban J connectivity index is 1.95. The van der Waals surface area contributed by atoms with Crippen molar-refractivity contribution >= 4 is 21.6 Å². The zero-order chi connectivity index (χ0) is 18.5. The van der Waals surface area contributed by atoms with Gasteiger partial charge in [0.1, 0.15) is 0 Å². The van der Waals surface area contributed by atoms with E-state index in [0.717, 1.165) is 18.2 Å². The van der Waals surface area contributed by atoms with Gasteiger partial charge in [-0.2, -0.15) is 13.2 Å². The first-order valence-electron chi connectivity index (χ1n) is 6.99. The minimum atomic E-state index is -4.56. The molecule has 0 saturated carbocycles. The number of aromatic nitrogens is 1. The molecule has 0 aliphatic carbocycles. The largest absolute Gasteiger partial charge is 0.416 e. The van der Waals surface area contributed by atoms with Gasteiger partial charge in [0.15, 0.2) is 0 Å². The van der Waals surface area contributed by atoms with Crippen LogP contribution in [0.15, 0.2) is 48.8 Å². The highest BCUT2D eigenvalue weighted by Gasteiger charge is 2.30. The molecule has 2 N–H and O–H groups in total. The highest BCUT2D eigenvalue weighted by atomic mass is 32.2. The SMILES string of the molecule is O=C(CNS(=O)(=O)Cc1cccc(C(F)(F)F)c1)Nc1cccnc1. The molecule has 134 valence electrons. The van der Waals surface area contributed by atoms with E-state index in [4.69, 9.17) is 0 Å². The number of anilines is 1. The monoisotopic (exact) mass is 373 g/mol. The van der Waals surface area contributed by atoms with Gasteiger partial charge in [0.05, 0.1) is 29.7 Å². The van der Waals surface area contributed by atoms with Crippen molar-refractivity contribution in [2.24, 2.45) is 0 Å². The smallest absolute Gasteiger partial charge is 0.324 e. The standard InChI is InChI=1S/C15H14F3N3O3S/c16-15(17,18)12-4-1-3-11(7-12)10-25(23,24)20-9-14(22)21-13-5-2-6-19-8-13/h1-8,20H,9-10H2,(H,21,22). The highest BCUT2D eigenvalue weighted by molar-refractivity contribution is 7.88. The summed E-state index contributed by atoms with van der Waals surface area (Å²) < 4.78 is 63.8. The molecule has 0 spiro atoms. The fourth-order valence-corrected chi connectivity index (χ4v) is 3.00. The summed E-state index contributed by atoms with van der Waals surface area (Å²) in [6.45, 7) is -0.545. The molecule has 1 aromatic carbocycles. The summed E-state index contributed by atoms with van der Waals surface area (Å²) in [6.07, 6.45) is -1.67. The molecule has 0 saturated heterocycles. The molecule has 0 atom stereocenters. The summed E-state index contributed by atoms with van der Waals surface area (Å²) in [5.41, 5.74) is -0.575. The molecule has 0 unspecified atom stereocenters. The van der Waals surface area contributed by atoms with Crippen molar-refractivity contribution in [3.63, 3.8) is 0 Å². The Morgan fingerprint density at radius 3 is 2.56 bits per heavy atom. The van der Waals surface area contributed by atoms with Crippen LogP contribution in [0.5, 0.6) is 0 Å². The van der Waals surface area contributed by atoms with Gasteiger partial charge in [-0.1, -0.05) is 18.2 Å². The summed E-state index contributed by atoms with van der Waals surface area (Å²) in [5, 5.41) is 2.43. The van der Waals surface area contributed by atoms with Crippen molar-refractivity contribution in [3.8, 4) is 0 Å². The van der Waals surface area contributed by atoms with Crippen LogP contribution in [0, 0.1) is 0 Å². The van der Waals surface area contributed by atoms with Gasteiger partial charge in [0.25, 0.3) is 0 Å². The van der Waals surface area contributed by atoms with Crippen LogP contribution in [0.1, 0.15) is 11.1 Å². The predicted molar refractivity (Wildman–Crippen MR) is 84.9 cm³/mol. The summed E-state index contributed by atoms with van der Waals surface area (Å²) in [6, 6.07) is 7.17. The second kappa shape index (κ2) is 7.62.